The summed E-state index contributed by atoms with van der Waals surface area (Å²) < 4.78 is 5.42. The molecule has 0 saturated carbocycles. The Labute approximate surface area is 114 Å². The van der Waals surface area contributed by atoms with Gasteiger partial charge in [-0.3, -0.25) is 0 Å². The first-order valence-electron chi connectivity index (χ1n) is 6.71. The van der Waals surface area contributed by atoms with E-state index in [0.717, 1.165) is 18.5 Å². The lowest BCUT2D eigenvalue weighted by Crippen LogP contribution is -2.38. The minimum absolute atomic E-state index is 0.237. The Balaban J connectivity index is 2.08. The molecular formula is C15H22N2O2. The van der Waals surface area contributed by atoms with Crippen LogP contribution in [0.4, 0.5) is 10.5 Å². The van der Waals surface area contributed by atoms with E-state index in [2.05, 4.69) is 6.07 Å². The lowest BCUT2D eigenvalue weighted by molar-refractivity contribution is 0.0258. The van der Waals surface area contributed by atoms with Crippen molar-refractivity contribution in [2.24, 2.45) is 0 Å². The summed E-state index contributed by atoms with van der Waals surface area (Å²) in [5.41, 5.74) is 8.79. The molecule has 2 rings (SSSR count). The van der Waals surface area contributed by atoms with Crippen molar-refractivity contribution in [1.82, 2.24) is 4.90 Å². The fourth-order valence-corrected chi connectivity index (χ4v) is 2.32. The van der Waals surface area contributed by atoms with Crippen molar-refractivity contribution >= 4 is 11.8 Å². The van der Waals surface area contributed by atoms with Gasteiger partial charge in [-0.1, -0.05) is 12.1 Å². The van der Waals surface area contributed by atoms with Crippen LogP contribution in [0, 0.1) is 0 Å². The van der Waals surface area contributed by atoms with Gasteiger partial charge in [-0.15, -0.1) is 0 Å². The van der Waals surface area contributed by atoms with Crippen molar-refractivity contribution in [2.75, 3.05) is 18.8 Å². The molecule has 1 aliphatic rings. The zero-order chi connectivity index (χ0) is 14.0. The first-order valence-corrected chi connectivity index (χ1v) is 6.71. The number of fused-ring (bicyclic) bond motifs is 1. The summed E-state index contributed by atoms with van der Waals surface area (Å²) in [5.74, 6) is 0. The summed E-state index contributed by atoms with van der Waals surface area (Å²) in [5, 5.41) is 0. The van der Waals surface area contributed by atoms with Gasteiger partial charge in [0.15, 0.2) is 0 Å². The predicted octanol–water partition coefficient (Wildman–Crippen LogP) is 2.60. The number of hydrogen-bond acceptors (Lipinski definition) is 3. The molecule has 0 spiro atoms. The van der Waals surface area contributed by atoms with E-state index in [9.17, 15) is 4.79 Å². The lowest BCUT2D eigenvalue weighted by atomic mass is 10.0. The number of hydrogen-bond donors (Lipinski definition) is 1. The molecule has 4 nitrogen and oxygen atoms in total. The molecule has 0 atom stereocenters. The molecule has 4 heteroatoms. The highest BCUT2D eigenvalue weighted by molar-refractivity contribution is 5.68. The fraction of sp³-hybridized carbons (Fsp3) is 0.533. The van der Waals surface area contributed by atoms with Crippen LogP contribution < -0.4 is 5.73 Å². The molecule has 1 aromatic rings. The summed E-state index contributed by atoms with van der Waals surface area (Å²) in [4.78, 5) is 13.8. The first-order chi connectivity index (χ1) is 8.87. The SMILES string of the molecule is CC(C)(C)OC(=O)N1CCc2cccc(N)c2CC1. The number of nitrogens with zero attached hydrogens (tertiary/aromatic N) is 1. The molecule has 1 heterocycles. The van der Waals surface area contributed by atoms with E-state index in [1.54, 1.807) is 4.90 Å². The Morgan fingerprint density at radius 3 is 2.63 bits per heavy atom. The van der Waals surface area contributed by atoms with Crippen LogP contribution in [-0.2, 0) is 17.6 Å². The molecule has 2 N–H and O–H groups in total. The maximum Gasteiger partial charge on any atom is 0.410 e. The fourth-order valence-electron chi connectivity index (χ4n) is 2.32. The number of benzene rings is 1. The van der Waals surface area contributed by atoms with E-state index < -0.39 is 5.60 Å². The van der Waals surface area contributed by atoms with Crippen molar-refractivity contribution in [3.8, 4) is 0 Å². The van der Waals surface area contributed by atoms with Gasteiger partial charge in [-0.25, -0.2) is 4.79 Å². The Bertz CT molecular complexity index is 478. The molecule has 0 saturated heterocycles. The maximum atomic E-state index is 12.1. The molecule has 19 heavy (non-hydrogen) atoms. The Kier molecular flexibility index (Phi) is 3.69. The molecular weight excluding hydrogens is 240 g/mol. The molecule has 0 aliphatic carbocycles. The van der Waals surface area contributed by atoms with E-state index >= 15 is 0 Å². The van der Waals surface area contributed by atoms with Crippen LogP contribution in [0.15, 0.2) is 18.2 Å². The Morgan fingerprint density at radius 2 is 1.95 bits per heavy atom. The number of amides is 1. The van der Waals surface area contributed by atoms with Crippen molar-refractivity contribution in [3.63, 3.8) is 0 Å². The van der Waals surface area contributed by atoms with E-state index in [4.69, 9.17) is 10.5 Å². The topological polar surface area (TPSA) is 55.6 Å². The van der Waals surface area contributed by atoms with Crippen LogP contribution in [0.25, 0.3) is 0 Å². The summed E-state index contributed by atoms with van der Waals surface area (Å²) in [6.45, 7) is 7.00. The molecule has 0 radical (unpaired) electrons. The highest BCUT2D eigenvalue weighted by Crippen LogP contribution is 2.22. The molecule has 1 aliphatic heterocycles. The van der Waals surface area contributed by atoms with Crippen LogP contribution in [0.2, 0.25) is 0 Å². The molecule has 104 valence electrons. The largest absolute Gasteiger partial charge is 0.444 e. The number of rotatable bonds is 0. The van der Waals surface area contributed by atoms with Gasteiger partial charge in [0.05, 0.1) is 0 Å². The monoisotopic (exact) mass is 262 g/mol. The zero-order valence-corrected chi connectivity index (χ0v) is 11.9. The first kappa shape index (κ1) is 13.7. The number of nitrogen functional groups attached to an aromatic ring is 1. The van der Waals surface area contributed by atoms with E-state index in [0.29, 0.717) is 13.1 Å². The third-order valence-electron chi connectivity index (χ3n) is 3.24. The average Bonchev–Trinajstić information content (AvgIpc) is 2.50. The highest BCUT2D eigenvalue weighted by Gasteiger charge is 2.24. The second-order valence-corrected chi connectivity index (χ2v) is 5.95. The van der Waals surface area contributed by atoms with Crippen LogP contribution >= 0.6 is 0 Å². The Morgan fingerprint density at radius 1 is 1.26 bits per heavy atom. The molecule has 0 aromatic heterocycles. The smallest absolute Gasteiger partial charge is 0.410 e. The molecule has 0 unspecified atom stereocenters. The maximum absolute atomic E-state index is 12.1. The van der Waals surface area contributed by atoms with Gasteiger partial charge in [0, 0.05) is 18.8 Å². The predicted molar refractivity (Wildman–Crippen MR) is 76.1 cm³/mol. The normalized spacial score (nSPS) is 15.6. The van der Waals surface area contributed by atoms with Crippen molar-refractivity contribution in [3.05, 3.63) is 29.3 Å². The minimum atomic E-state index is -0.449. The lowest BCUT2D eigenvalue weighted by Gasteiger charge is -2.26. The Hall–Kier alpha value is -1.71. The van der Waals surface area contributed by atoms with E-state index in [1.807, 2.05) is 32.9 Å². The van der Waals surface area contributed by atoms with Crippen molar-refractivity contribution in [2.45, 2.75) is 39.2 Å². The van der Waals surface area contributed by atoms with Gasteiger partial charge in [0.2, 0.25) is 0 Å². The number of ether oxygens (including phenoxy) is 1. The number of carbonyl (C=O) groups excluding carboxylic acids is 1. The number of anilines is 1. The molecule has 0 bridgehead atoms. The average molecular weight is 262 g/mol. The summed E-state index contributed by atoms with van der Waals surface area (Å²) >= 11 is 0. The molecule has 1 amide bonds. The van der Waals surface area contributed by atoms with E-state index in [1.165, 1.54) is 11.1 Å². The van der Waals surface area contributed by atoms with Crippen LogP contribution in [0.1, 0.15) is 31.9 Å². The third kappa shape index (κ3) is 3.40. The second kappa shape index (κ2) is 5.11. The van der Waals surface area contributed by atoms with Crippen LogP contribution in [0.5, 0.6) is 0 Å². The van der Waals surface area contributed by atoms with Crippen LogP contribution in [-0.4, -0.2) is 29.7 Å². The van der Waals surface area contributed by atoms with Gasteiger partial charge in [-0.2, -0.15) is 0 Å². The quantitative estimate of drug-likeness (QED) is 0.731. The zero-order valence-electron chi connectivity index (χ0n) is 11.9. The molecule has 0 fully saturated rings. The van der Waals surface area contributed by atoms with Gasteiger partial charge in [0.1, 0.15) is 5.60 Å². The summed E-state index contributed by atoms with van der Waals surface area (Å²) in [7, 11) is 0. The van der Waals surface area contributed by atoms with Crippen LogP contribution in [0.3, 0.4) is 0 Å². The van der Waals surface area contributed by atoms with Crippen molar-refractivity contribution in [1.29, 1.82) is 0 Å². The van der Waals surface area contributed by atoms with Gasteiger partial charge in [0.25, 0.3) is 0 Å². The second-order valence-electron chi connectivity index (χ2n) is 5.95. The standard InChI is InChI=1S/C15H22N2O2/c1-15(2,3)19-14(18)17-9-7-11-5-4-6-13(16)12(11)8-10-17/h4-6H,7-10,16H2,1-3H3. The highest BCUT2D eigenvalue weighted by atomic mass is 16.6. The minimum Gasteiger partial charge on any atom is -0.444 e. The number of carbonyl (C=O) groups is 1. The third-order valence-corrected chi connectivity index (χ3v) is 3.24. The van der Waals surface area contributed by atoms with Gasteiger partial charge in [-0.05, 0) is 50.8 Å². The number of nitrogens with two attached hydrogens (primary N) is 1. The van der Waals surface area contributed by atoms with Crippen molar-refractivity contribution < 1.29 is 9.53 Å². The van der Waals surface area contributed by atoms with E-state index in [-0.39, 0.29) is 6.09 Å². The summed E-state index contributed by atoms with van der Waals surface area (Å²) in [6, 6.07) is 5.98. The summed E-state index contributed by atoms with van der Waals surface area (Å²) in [6.07, 6.45) is 1.39. The molecule has 1 aromatic carbocycles. The van der Waals surface area contributed by atoms with Gasteiger partial charge >= 0.3 is 6.09 Å². The van der Waals surface area contributed by atoms with Gasteiger partial charge < -0.3 is 15.4 Å².